The minimum absolute atomic E-state index is 0.158. The van der Waals surface area contributed by atoms with Gasteiger partial charge in [0.1, 0.15) is 0 Å². The number of likely N-dealkylation sites (tertiary alicyclic amines) is 1. The van der Waals surface area contributed by atoms with Crippen LogP contribution in [-0.2, 0) is 13.0 Å². The van der Waals surface area contributed by atoms with Crippen molar-refractivity contribution >= 4 is 17.7 Å². The van der Waals surface area contributed by atoms with Gasteiger partial charge in [0.05, 0.1) is 12.2 Å². The number of nitrogens with zero attached hydrogens (tertiary/aromatic N) is 4. The van der Waals surface area contributed by atoms with Crippen molar-refractivity contribution in [1.29, 1.82) is 0 Å². The Morgan fingerprint density at radius 2 is 2.00 bits per heavy atom. The van der Waals surface area contributed by atoms with Gasteiger partial charge in [0.2, 0.25) is 5.95 Å². The maximum absolute atomic E-state index is 12.5. The lowest BCUT2D eigenvalue weighted by molar-refractivity contribution is 0.157. The molecule has 3 heterocycles. The Hall–Kier alpha value is -2.63. The zero-order chi connectivity index (χ0) is 17.2. The van der Waals surface area contributed by atoms with Crippen molar-refractivity contribution in [3.8, 4) is 0 Å². The van der Waals surface area contributed by atoms with Crippen LogP contribution in [0.2, 0.25) is 0 Å². The molecule has 2 aliphatic heterocycles. The molecule has 6 nitrogen and oxygen atoms in total. The average molecular weight is 337 g/mol. The molecule has 0 spiro atoms. The SMILES string of the molecule is Cc1cccc(Nc2ncc3c(n2)CCN(C(=O)N2CCCC2)C3)c1. The van der Waals surface area contributed by atoms with E-state index in [9.17, 15) is 4.79 Å². The van der Waals surface area contributed by atoms with E-state index in [4.69, 9.17) is 0 Å². The van der Waals surface area contributed by atoms with E-state index < -0.39 is 0 Å². The molecule has 1 aromatic heterocycles. The van der Waals surface area contributed by atoms with Crippen LogP contribution in [0.5, 0.6) is 0 Å². The summed E-state index contributed by atoms with van der Waals surface area (Å²) >= 11 is 0. The van der Waals surface area contributed by atoms with Gasteiger partial charge in [-0.15, -0.1) is 0 Å². The van der Waals surface area contributed by atoms with Gasteiger partial charge >= 0.3 is 6.03 Å². The van der Waals surface area contributed by atoms with Gasteiger partial charge in [0.25, 0.3) is 0 Å². The van der Waals surface area contributed by atoms with Crippen molar-refractivity contribution in [2.75, 3.05) is 25.0 Å². The molecular formula is C19H23N5O. The van der Waals surface area contributed by atoms with Crippen LogP contribution in [0.15, 0.2) is 30.5 Å². The van der Waals surface area contributed by atoms with Crippen molar-refractivity contribution in [3.63, 3.8) is 0 Å². The Morgan fingerprint density at radius 3 is 2.80 bits per heavy atom. The van der Waals surface area contributed by atoms with Gasteiger partial charge in [-0.05, 0) is 37.5 Å². The van der Waals surface area contributed by atoms with E-state index >= 15 is 0 Å². The van der Waals surface area contributed by atoms with E-state index in [1.165, 1.54) is 5.56 Å². The number of carbonyl (C=O) groups is 1. The molecular weight excluding hydrogens is 314 g/mol. The number of hydrogen-bond donors (Lipinski definition) is 1. The number of rotatable bonds is 2. The van der Waals surface area contributed by atoms with E-state index in [0.717, 1.165) is 55.8 Å². The molecule has 1 aromatic carbocycles. The first-order chi connectivity index (χ1) is 12.2. The molecule has 0 bridgehead atoms. The third kappa shape index (κ3) is 3.43. The van der Waals surface area contributed by atoms with E-state index in [2.05, 4.69) is 34.3 Å². The molecule has 2 aromatic rings. The van der Waals surface area contributed by atoms with E-state index in [1.54, 1.807) is 0 Å². The number of benzene rings is 1. The molecule has 2 aliphatic rings. The van der Waals surface area contributed by atoms with E-state index in [-0.39, 0.29) is 6.03 Å². The molecule has 0 unspecified atom stereocenters. The maximum atomic E-state index is 12.5. The summed E-state index contributed by atoms with van der Waals surface area (Å²) in [6.45, 7) is 5.17. The highest BCUT2D eigenvalue weighted by Gasteiger charge is 2.27. The number of nitrogens with one attached hydrogen (secondary N) is 1. The molecule has 0 radical (unpaired) electrons. The van der Waals surface area contributed by atoms with E-state index in [1.807, 2.05) is 28.1 Å². The van der Waals surface area contributed by atoms with Crippen molar-refractivity contribution in [2.24, 2.45) is 0 Å². The summed E-state index contributed by atoms with van der Waals surface area (Å²) in [5.74, 6) is 0.615. The fourth-order valence-corrected chi connectivity index (χ4v) is 3.50. The van der Waals surface area contributed by atoms with Crippen molar-refractivity contribution in [1.82, 2.24) is 19.8 Å². The lowest BCUT2D eigenvalue weighted by Gasteiger charge is -2.31. The number of fused-ring (bicyclic) bond motifs is 1. The smallest absolute Gasteiger partial charge is 0.320 e. The van der Waals surface area contributed by atoms with Crippen molar-refractivity contribution < 1.29 is 4.79 Å². The number of amides is 2. The minimum atomic E-state index is 0.158. The van der Waals surface area contributed by atoms with Crippen LogP contribution in [0.25, 0.3) is 0 Å². The average Bonchev–Trinajstić information content (AvgIpc) is 3.15. The monoisotopic (exact) mass is 337 g/mol. The minimum Gasteiger partial charge on any atom is -0.325 e. The first kappa shape index (κ1) is 15.9. The number of anilines is 2. The van der Waals surface area contributed by atoms with Gasteiger partial charge in [-0.25, -0.2) is 14.8 Å². The molecule has 1 fully saturated rings. The molecule has 4 rings (SSSR count). The number of aromatic nitrogens is 2. The molecule has 0 saturated carbocycles. The second-order valence-electron chi connectivity index (χ2n) is 6.81. The van der Waals surface area contributed by atoms with Gasteiger partial charge in [0.15, 0.2) is 0 Å². The van der Waals surface area contributed by atoms with Crippen LogP contribution < -0.4 is 5.32 Å². The molecule has 25 heavy (non-hydrogen) atoms. The van der Waals surface area contributed by atoms with Gasteiger partial charge in [0, 0.05) is 43.5 Å². The van der Waals surface area contributed by atoms with E-state index in [0.29, 0.717) is 12.5 Å². The topological polar surface area (TPSA) is 61.4 Å². The summed E-state index contributed by atoms with van der Waals surface area (Å²) in [5.41, 5.74) is 4.27. The quantitative estimate of drug-likeness (QED) is 0.915. The Balaban J connectivity index is 1.46. The highest BCUT2D eigenvalue weighted by Crippen LogP contribution is 2.22. The van der Waals surface area contributed by atoms with Gasteiger partial charge < -0.3 is 15.1 Å². The Bertz CT molecular complexity index is 785. The van der Waals surface area contributed by atoms with Crippen LogP contribution in [0.4, 0.5) is 16.4 Å². The first-order valence-corrected chi connectivity index (χ1v) is 8.91. The third-order valence-corrected chi connectivity index (χ3v) is 4.86. The predicted molar refractivity (Wildman–Crippen MR) is 96.8 cm³/mol. The predicted octanol–water partition coefficient (Wildman–Crippen LogP) is 3.10. The second kappa shape index (κ2) is 6.70. The van der Waals surface area contributed by atoms with Crippen LogP contribution >= 0.6 is 0 Å². The van der Waals surface area contributed by atoms with Gasteiger partial charge in [-0.2, -0.15) is 0 Å². The maximum Gasteiger partial charge on any atom is 0.320 e. The zero-order valence-electron chi connectivity index (χ0n) is 14.5. The lowest BCUT2D eigenvalue weighted by Crippen LogP contribution is -2.44. The molecule has 1 N–H and O–H groups in total. The third-order valence-electron chi connectivity index (χ3n) is 4.86. The van der Waals surface area contributed by atoms with Crippen LogP contribution in [0.1, 0.15) is 29.7 Å². The van der Waals surface area contributed by atoms with Gasteiger partial charge in [-0.3, -0.25) is 0 Å². The summed E-state index contributed by atoms with van der Waals surface area (Å²) in [4.78, 5) is 25.5. The summed E-state index contributed by atoms with van der Waals surface area (Å²) in [5, 5.41) is 3.26. The highest BCUT2D eigenvalue weighted by molar-refractivity contribution is 5.75. The number of aryl methyl sites for hydroxylation is 1. The summed E-state index contributed by atoms with van der Waals surface area (Å²) in [6.07, 6.45) is 4.87. The van der Waals surface area contributed by atoms with Crippen LogP contribution in [0.3, 0.4) is 0 Å². The fourth-order valence-electron chi connectivity index (χ4n) is 3.50. The molecule has 6 heteroatoms. The summed E-state index contributed by atoms with van der Waals surface area (Å²) in [6, 6.07) is 8.30. The largest absolute Gasteiger partial charge is 0.325 e. The van der Waals surface area contributed by atoms with Crippen molar-refractivity contribution in [3.05, 3.63) is 47.3 Å². The number of hydrogen-bond acceptors (Lipinski definition) is 4. The lowest BCUT2D eigenvalue weighted by atomic mass is 10.1. The molecule has 130 valence electrons. The number of urea groups is 1. The normalized spacial score (nSPS) is 16.7. The molecule has 0 atom stereocenters. The van der Waals surface area contributed by atoms with Crippen molar-refractivity contribution in [2.45, 2.75) is 32.7 Å². The molecule has 1 saturated heterocycles. The Labute approximate surface area is 147 Å². The Kier molecular flexibility index (Phi) is 4.26. The summed E-state index contributed by atoms with van der Waals surface area (Å²) in [7, 11) is 0. The molecule has 2 amide bonds. The summed E-state index contributed by atoms with van der Waals surface area (Å²) < 4.78 is 0. The van der Waals surface area contributed by atoms with Crippen LogP contribution in [0, 0.1) is 6.92 Å². The highest BCUT2D eigenvalue weighted by atomic mass is 16.2. The number of carbonyl (C=O) groups excluding carboxylic acids is 1. The fraction of sp³-hybridized carbons (Fsp3) is 0.421. The van der Waals surface area contributed by atoms with Gasteiger partial charge in [-0.1, -0.05) is 12.1 Å². The molecule has 0 aliphatic carbocycles. The standard InChI is InChI=1S/C19H23N5O/c1-14-5-4-6-16(11-14)21-18-20-12-15-13-24(10-7-17(15)22-18)19(25)23-8-2-3-9-23/h4-6,11-12H,2-3,7-10,13H2,1H3,(H,20,21,22). The zero-order valence-corrected chi connectivity index (χ0v) is 14.5. The first-order valence-electron chi connectivity index (χ1n) is 8.91. The second-order valence-corrected chi connectivity index (χ2v) is 6.81. The Morgan fingerprint density at radius 1 is 1.16 bits per heavy atom. The van der Waals surface area contributed by atoms with Crippen LogP contribution in [-0.4, -0.2) is 45.4 Å².